The Morgan fingerprint density at radius 2 is 2.06 bits per heavy atom. The maximum Gasteiger partial charge on any atom is 0.208 e. The molecular weight excluding hydrogens is 240 g/mol. The van der Waals surface area contributed by atoms with Crippen LogP contribution in [0.1, 0.15) is 20.3 Å². The van der Waals surface area contributed by atoms with Crippen molar-refractivity contribution in [2.75, 3.05) is 26.0 Å². The van der Waals surface area contributed by atoms with Gasteiger partial charge in [0.1, 0.15) is 0 Å². The highest BCUT2D eigenvalue weighted by molar-refractivity contribution is 7.88. The molecule has 2 N–H and O–H groups in total. The molecular formula is C11H22N2O3S. The molecule has 2 rings (SSSR count). The Morgan fingerprint density at radius 1 is 1.35 bits per heavy atom. The Kier molecular flexibility index (Phi) is 3.51. The van der Waals surface area contributed by atoms with Gasteiger partial charge in [-0.25, -0.2) is 13.1 Å². The first-order chi connectivity index (χ1) is 7.82. The second-order valence-electron chi connectivity index (χ2n) is 5.66. The molecule has 0 aromatic carbocycles. The zero-order valence-corrected chi connectivity index (χ0v) is 11.5. The highest BCUT2D eigenvalue weighted by Crippen LogP contribution is 2.51. The van der Waals surface area contributed by atoms with Crippen LogP contribution < -0.4 is 10.0 Å². The third kappa shape index (κ3) is 2.65. The Balaban J connectivity index is 1.76. The quantitative estimate of drug-likeness (QED) is 0.681. The van der Waals surface area contributed by atoms with Gasteiger partial charge < -0.3 is 10.1 Å². The standard InChI is InChI=1S/C11H22N2O3S/c1-11(2)9(8-4-7-16-10(8)11)12-5-6-13-17(3,14)15/h8-10,12-13H,4-7H2,1-3H3. The molecule has 1 saturated carbocycles. The molecule has 3 unspecified atom stereocenters. The van der Waals surface area contributed by atoms with Gasteiger partial charge in [-0.15, -0.1) is 0 Å². The third-order valence-corrected chi connectivity index (χ3v) is 4.68. The highest BCUT2D eigenvalue weighted by Gasteiger charge is 2.58. The van der Waals surface area contributed by atoms with Crippen LogP contribution in [0.2, 0.25) is 0 Å². The van der Waals surface area contributed by atoms with E-state index in [0.717, 1.165) is 13.0 Å². The Hall–Kier alpha value is -0.170. The molecule has 6 heteroatoms. The second kappa shape index (κ2) is 4.50. The molecule has 1 aliphatic carbocycles. The van der Waals surface area contributed by atoms with E-state index in [1.165, 1.54) is 6.26 Å². The maximum absolute atomic E-state index is 10.9. The molecule has 17 heavy (non-hydrogen) atoms. The monoisotopic (exact) mass is 262 g/mol. The van der Waals surface area contributed by atoms with Crippen molar-refractivity contribution in [2.24, 2.45) is 11.3 Å². The SMILES string of the molecule is CC1(C)C(NCCNS(C)(=O)=O)C2CCOC21. The Bertz CT molecular complexity index is 380. The minimum Gasteiger partial charge on any atom is -0.377 e. The second-order valence-corrected chi connectivity index (χ2v) is 7.50. The smallest absolute Gasteiger partial charge is 0.208 e. The summed E-state index contributed by atoms with van der Waals surface area (Å²) >= 11 is 0. The number of hydrogen-bond acceptors (Lipinski definition) is 4. The molecule has 5 nitrogen and oxygen atoms in total. The summed E-state index contributed by atoms with van der Waals surface area (Å²) in [6.07, 6.45) is 2.68. The Morgan fingerprint density at radius 3 is 2.71 bits per heavy atom. The molecule has 0 spiro atoms. The van der Waals surface area contributed by atoms with Crippen molar-refractivity contribution < 1.29 is 13.2 Å². The van der Waals surface area contributed by atoms with Gasteiger partial charge >= 0.3 is 0 Å². The van der Waals surface area contributed by atoms with Gasteiger partial charge in [0.05, 0.1) is 12.4 Å². The van der Waals surface area contributed by atoms with Crippen molar-refractivity contribution in [1.82, 2.24) is 10.0 Å². The maximum atomic E-state index is 10.9. The average Bonchev–Trinajstić information content (AvgIpc) is 2.61. The first kappa shape index (κ1) is 13.3. The summed E-state index contributed by atoms with van der Waals surface area (Å²) in [5.41, 5.74) is 0.159. The summed E-state index contributed by atoms with van der Waals surface area (Å²) in [6, 6.07) is 0.441. The van der Waals surface area contributed by atoms with Gasteiger partial charge in [0.15, 0.2) is 0 Å². The minimum atomic E-state index is -3.07. The van der Waals surface area contributed by atoms with Gasteiger partial charge in [-0.1, -0.05) is 13.8 Å². The van der Waals surface area contributed by atoms with Crippen LogP contribution in [-0.2, 0) is 14.8 Å². The number of rotatable bonds is 5. The van der Waals surface area contributed by atoms with Crippen LogP contribution in [0.3, 0.4) is 0 Å². The fourth-order valence-corrected chi connectivity index (χ4v) is 3.68. The molecule has 3 atom stereocenters. The van der Waals surface area contributed by atoms with E-state index in [4.69, 9.17) is 4.74 Å². The summed E-state index contributed by atoms with van der Waals surface area (Å²) in [5, 5.41) is 3.45. The molecule has 0 aromatic rings. The number of nitrogens with one attached hydrogen (secondary N) is 2. The van der Waals surface area contributed by atoms with E-state index in [1.54, 1.807) is 0 Å². The Labute approximate surface area is 103 Å². The lowest BCUT2D eigenvalue weighted by atomic mass is 9.57. The predicted molar refractivity (Wildman–Crippen MR) is 66.3 cm³/mol. The van der Waals surface area contributed by atoms with Gasteiger partial charge in [0, 0.05) is 37.1 Å². The van der Waals surface area contributed by atoms with Crippen molar-refractivity contribution >= 4 is 10.0 Å². The van der Waals surface area contributed by atoms with Crippen LogP contribution in [0.5, 0.6) is 0 Å². The van der Waals surface area contributed by atoms with E-state index in [-0.39, 0.29) is 5.41 Å². The molecule has 2 fully saturated rings. The van der Waals surface area contributed by atoms with E-state index >= 15 is 0 Å². The largest absolute Gasteiger partial charge is 0.377 e. The molecule has 1 aliphatic heterocycles. The lowest BCUT2D eigenvalue weighted by Crippen LogP contribution is -2.66. The predicted octanol–water partition coefficient (Wildman–Crippen LogP) is -0.0613. The van der Waals surface area contributed by atoms with Crippen LogP contribution in [0.25, 0.3) is 0 Å². The zero-order chi connectivity index (χ0) is 12.7. The number of ether oxygens (including phenoxy) is 1. The summed E-state index contributed by atoms with van der Waals surface area (Å²) in [5.74, 6) is 0.600. The zero-order valence-electron chi connectivity index (χ0n) is 10.7. The van der Waals surface area contributed by atoms with Gasteiger partial charge in [-0.3, -0.25) is 0 Å². The lowest BCUT2D eigenvalue weighted by Gasteiger charge is -2.55. The molecule has 100 valence electrons. The highest BCUT2D eigenvalue weighted by atomic mass is 32.2. The number of hydrogen-bond donors (Lipinski definition) is 2. The minimum absolute atomic E-state index is 0.159. The fraction of sp³-hybridized carbons (Fsp3) is 1.00. The van der Waals surface area contributed by atoms with E-state index < -0.39 is 10.0 Å². The van der Waals surface area contributed by atoms with Gasteiger partial charge in [0.25, 0.3) is 0 Å². The van der Waals surface area contributed by atoms with Crippen LogP contribution in [0, 0.1) is 11.3 Å². The molecule has 0 aromatic heterocycles. The van der Waals surface area contributed by atoms with Crippen LogP contribution in [0.15, 0.2) is 0 Å². The van der Waals surface area contributed by atoms with Crippen molar-refractivity contribution in [3.63, 3.8) is 0 Å². The van der Waals surface area contributed by atoms with E-state index in [9.17, 15) is 8.42 Å². The van der Waals surface area contributed by atoms with Crippen LogP contribution in [0.4, 0.5) is 0 Å². The van der Waals surface area contributed by atoms with Crippen molar-refractivity contribution in [3.05, 3.63) is 0 Å². The molecule has 0 amide bonds. The van der Waals surface area contributed by atoms with Crippen molar-refractivity contribution in [1.29, 1.82) is 0 Å². The summed E-state index contributed by atoms with van der Waals surface area (Å²) in [6.45, 7) is 6.40. The van der Waals surface area contributed by atoms with Gasteiger partial charge in [0.2, 0.25) is 10.0 Å². The summed E-state index contributed by atoms with van der Waals surface area (Å²) in [4.78, 5) is 0. The molecule has 0 bridgehead atoms. The van der Waals surface area contributed by atoms with Crippen molar-refractivity contribution in [3.8, 4) is 0 Å². The van der Waals surface area contributed by atoms with Gasteiger partial charge in [-0.2, -0.15) is 0 Å². The lowest BCUT2D eigenvalue weighted by molar-refractivity contribution is -0.112. The molecule has 2 aliphatic rings. The van der Waals surface area contributed by atoms with Gasteiger partial charge in [-0.05, 0) is 6.42 Å². The number of fused-ring (bicyclic) bond motifs is 1. The van der Waals surface area contributed by atoms with Crippen molar-refractivity contribution in [2.45, 2.75) is 32.4 Å². The fourth-order valence-electron chi connectivity index (χ4n) is 3.20. The molecule has 1 heterocycles. The topological polar surface area (TPSA) is 67.4 Å². The third-order valence-electron chi connectivity index (χ3n) is 3.95. The first-order valence-corrected chi connectivity index (χ1v) is 8.01. The molecule has 1 saturated heterocycles. The van der Waals surface area contributed by atoms with E-state index in [2.05, 4.69) is 23.9 Å². The molecule has 0 radical (unpaired) electrons. The van der Waals surface area contributed by atoms with E-state index in [1.807, 2.05) is 0 Å². The summed E-state index contributed by atoms with van der Waals surface area (Å²) < 4.78 is 30.0. The van der Waals surface area contributed by atoms with Crippen LogP contribution in [-0.4, -0.2) is 46.5 Å². The summed E-state index contributed by atoms with van der Waals surface area (Å²) in [7, 11) is -3.07. The normalized spacial score (nSPS) is 35.4. The van der Waals surface area contributed by atoms with Crippen LogP contribution >= 0.6 is 0 Å². The van der Waals surface area contributed by atoms with E-state index in [0.29, 0.717) is 31.2 Å². The average molecular weight is 262 g/mol. The first-order valence-electron chi connectivity index (χ1n) is 6.12. The number of sulfonamides is 1.